The molecular formula is C25H23N5O3. The van der Waals surface area contributed by atoms with E-state index in [4.69, 9.17) is 19.4 Å². The Bertz CT molecular complexity index is 1290. The molecule has 0 N–H and O–H groups in total. The molecule has 1 aliphatic rings. The number of anilines is 1. The van der Waals surface area contributed by atoms with Gasteiger partial charge in [-0.15, -0.1) is 0 Å². The summed E-state index contributed by atoms with van der Waals surface area (Å²) >= 11 is 0. The Morgan fingerprint density at radius 3 is 2.73 bits per heavy atom. The fraction of sp³-hybridized carbons (Fsp3) is 0.240. The second-order valence-electron chi connectivity index (χ2n) is 8.00. The molecule has 0 amide bonds. The van der Waals surface area contributed by atoms with Crippen molar-refractivity contribution in [3.63, 3.8) is 0 Å². The Hall–Kier alpha value is -4.16. The van der Waals surface area contributed by atoms with Crippen LogP contribution in [0.1, 0.15) is 24.1 Å². The van der Waals surface area contributed by atoms with E-state index in [-0.39, 0.29) is 12.1 Å². The van der Waals surface area contributed by atoms with Gasteiger partial charge in [-0.25, -0.2) is 0 Å². The van der Waals surface area contributed by atoms with Crippen LogP contribution in [0.3, 0.4) is 0 Å². The first kappa shape index (κ1) is 20.7. The summed E-state index contributed by atoms with van der Waals surface area (Å²) < 4.78 is 17.9. The third-order valence-corrected chi connectivity index (χ3v) is 5.58. The van der Waals surface area contributed by atoms with Crippen molar-refractivity contribution in [2.24, 2.45) is 5.11 Å². The fourth-order valence-corrected chi connectivity index (χ4v) is 3.71. The predicted octanol–water partition coefficient (Wildman–Crippen LogP) is 6.05. The molecule has 1 aliphatic heterocycles. The Kier molecular flexibility index (Phi) is 5.74. The molecule has 1 fully saturated rings. The van der Waals surface area contributed by atoms with Crippen LogP contribution in [0, 0.1) is 0 Å². The average Bonchev–Trinajstić information content (AvgIpc) is 3.23. The molecule has 2 heterocycles. The van der Waals surface area contributed by atoms with E-state index in [2.05, 4.69) is 15.0 Å². The van der Waals surface area contributed by atoms with Crippen LogP contribution in [0.15, 0.2) is 82.3 Å². The lowest BCUT2D eigenvalue weighted by atomic mass is 10.1. The molecule has 1 atom stereocenters. The van der Waals surface area contributed by atoms with Crippen LogP contribution < -0.4 is 14.4 Å². The summed E-state index contributed by atoms with van der Waals surface area (Å²) in [6.45, 7) is 3.73. The zero-order chi connectivity index (χ0) is 22.6. The number of azide groups is 1. The van der Waals surface area contributed by atoms with Crippen molar-refractivity contribution in [3.05, 3.63) is 94.4 Å². The van der Waals surface area contributed by atoms with Crippen LogP contribution in [-0.2, 0) is 6.61 Å². The number of hydrogen-bond acceptors (Lipinski definition) is 6. The van der Waals surface area contributed by atoms with Gasteiger partial charge >= 0.3 is 0 Å². The van der Waals surface area contributed by atoms with Gasteiger partial charge in [-0.3, -0.25) is 0 Å². The molecule has 5 rings (SSSR count). The second kappa shape index (κ2) is 9.14. The standard InChI is InChI=1S/C25H23N5O3/c1-17(28-29-26)19-10-11-23-24(12-19)33-25(27-23)30-14-22(15-30)32-21-9-5-8-20(13-21)31-16-18-6-3-2-4-7-18/h2-13,17,22H,14-16H2,1H3. The fourth-order valence-electron chi connectivity index (χ4n) is 3.71. The normalized spacial score (nSPS) is 14.4. The number of oxazole rings is 1. The van der Waals surface area contributed by atoms with E-state index in [1.54, 1.807) is 0 Å². The third kappa shape index (κ3) is 4.71. The Morgan fingerprint density at radius 1 is 1.09 bits per heavy atom. The first-order valence-electron chi connectivity index (χ1n) is 10.8. The van der Waals surface area contributed by atoms with Crippen molar-refractivity contribution in [2.45, 2.75) is 25.7 Å². The SMILES string of the molecule is CC(N=[N+]=[N-])c1ccc2nc(N3CC(Oc4cccc(OCc5ccccc5)c4)C3)oc2c1. The van der Waals surface area contributed by atoms with Gasteiger partial charge in [0.1, 0.15) is 29.7 Å². The van der Waals surface area contributed by atoms with Gasteiger partial charge in [0.2, 0.25) is 0 Å². The molecule has 0 spiro atoms. The van der Waals surface area contributed by atoms with Crippen molar-refractivity contribution in [1.29, 1.82) is 0 Å². The highest BCUT2D eigenvalue weighted by molar-refractivity contribution is 5.75. The van der Waals surface area contributed by atoms with Gasteiger partial charge in [0.05, 0.1) is 19.1 Å². The van der Waals surface area contributed by atoms with Crippen LogP contribution in [0.5, 0.6) is 11.5 Å². The van der Waals surface area contributed by atoms with Gasteiger partial charge in [-0.05, 0) is 40.9 Å². The maximum absolute atomic E-state index is 8.64. The van der Waals surface area contributed by atoms with E-state index >= 15 is 0 Å². The summed E-state index contributed by atoms with van der Waals surface area (Å²) in [5.41, 5.74) is 12.1. The zero-order valence-electron chi connectivity index (χ0n) is 18.2. The molecule has 1 unspecified atom stereocenters. The van der Waals surface area contributed by atoms with Gasteiger partial charge in [0, 0.05) is 11.0 Å². The molecule has 8 nitrogen and oxygen atoms in total. The molecule has 8 heteroatoms. The Morgan fingerprint density at radius 2 is 1.91 bits per heavy atom. The first-order valence-corrected chi connectivity index (χ1v) is 10.8. The van der Waals surface area contributed by atoms with E-state index < -0.39 is 0 Å². The van der Waals surface area contributed by atoms with Crippen LogP contribution >= 0.6 is 0 Å². The van der Waals surface area contributed by atoms with Gasteiger partial charge in [-0.1, -0.05) is 54.5 Å². The lowest BCUT2D eigenvalue weighted by Crippen LogP contribution is -2.54. The zero-order valence-corrected chi connectivity index (χ0v) is 18.2. The number of fused-ring (bicyclic) bond motifs is 1. The topological polar surface area (TPSA) is 96.5 Å². The molecule has 1 saturated heterocycles. The summed E-state index contributed by atoms with van der Waals surface area (Å²) in [5.74, 6) is 1.55. The van der Waals surface area contributed by atoms with E-state index in [0.29, 0.717) is 31.3 Å². The summed E-state index contributed by atoms with van der Waals surface area (Å²) in [6, 6.07) is 23.7. The molecular weight excluding hydrogens is 418 g/mol. The number of benzene rings is 3. The maximum atomic E-state index is 8.64. The van der Waals surface area contributed by atoms with Crippen molar-refractivity contribution < 1.29 is 13.9 Å². The van der Waals surface area contributed by atoms with Gasteiger partial charge in [0.25, 0.3) is 6.01 Å². The first-order chi connectivity index (χ1) is 16.2. The average molecular weight is 441 g/mol. The molecule has 0 radical (unpaired) electrons. The smallest absolute Gasteiger partial charge is 0.298 e. The number of ether oxygens (including phenoxy) is 2. The van der Waals surface area contributed by atoms with Crippen molar-refractivity contribution in [3.8, 4) is 11.5 Å². The number of aromatic nitrogens is 1. The molecule has 0 saturated carbocycles. The second-order valence-corrected chi connectivity index (χ2v) is 8.00. The quantitative estimate of drug-likeness (QED) is 0.188. The van der Waals surface area contributed by atoms with Gasteiger partial charge in [-0.2, -0.15) is 4.98 Å². The third-order valence-electron chi connectivity index (χ3n) is 5.58. The molecule has 3 aromatic carbocycles. The number of rotatable bonds is 8. The van der Waals surface area contributed by atoms with E-state index in [0.717, 1.165) is 28.1 Å². The van der Waals surface area contributed by atoms with Crippen molar-refractivity contribution in [2.75, 3.05) is 18.0 Å². The highest BCUT2D eigenvalue weighted by atomic mass is 16.5. The van der Waals surface area contributed by atoms with Gasteiger partial charge < -0.3 is 18.8 Å². The minimum absolute atomic E-state index is 0.0462. The molecule has 1 aromatic heterocycles. The van der Waals surface area contributed by atoms with Gasteiger partial charge in [0.15, 0.2) is 5.58 Å². The molecule has 0 aliphatic carbocycles. The molecule has 4 aromatic rings. The minimum Gasteiger partial charge on any atom is -0.489 e. The lowest BCUT2D eigenvalue weighted by Gasteiger charge is -2.37. The predicted molar refractivity (Wildman–Crippen MR) is 125 cm³/mol. The van der Waals surface area contributed by atoms with Crippen LogP contribution in [0.4, 0.5) is 6.01 Å². The molecule has 166 valence electrons. The summed E-state index contributed by atoms with van der Waals surface area (Å²) in [7, 11) is 0. The largest absolute Gasteiger partial charge is 0.489 e. The van der Waals surface area contributed by atoms with Crippen LogP contribution in [0.25, 0.3) is 21.5 Å². The summed E-state index contributed by atoms with van der Waals surface area (Å²) in [6.07, 6.45) is 0.0462. The number of nitrogens with zero attached hydrogens (tertiary/aromatic N) is 5. The monoisotopic (exact) mass is 441 g/mol. The van der Waals surface area contributed by atoms with Crippen molar-refractivity contribution in [1.82, 2.24) is 4.98 Å². The highest BCUT2D eigenvalue weighted by Gasteiger charge is 2.32. The Balaban J connectivity index is 1.18. The maximum Gasteiger partial charge on any atom is 0.298 e. The summed E-state index contributed by atoms with van der Waals surface area (Å²) in [4.78, 5) is 9.48. The molecule has 0 bridgehead atoms. The van der Waals surface area contributed by atoms with E-state index in [1.807, 2.05) is 84.6 Å². The highest BCUT2D eigenvalue weighted by Crippen LogP contribution is 2.30. The van der Waals surface area contributed by atoms with E-state index in [1.165, 1.54) is 0 Å². The van der Waals surface area contributed by atoms with Crippen LogP contribution in [0.2, 0.25) is 0 Å². The lowest BCUT2D eigenvalue weighted by molar-refractivity contribution is 0.162. The Labute approximate surface area is 191 Å². The summed E-state index contributed by atoms with van der Waals surface area (Å²) in [5, 5.41) is 3.74. The molecule has 33 heavy (non-hydrogen) atoms. The minimum atomic E-state index is -0.262. The van der Waals surface area contributed by atoms with E-state index in [9.17, 15) is 0 Å². The van der Waals surface area contributed by atoms with Crippen LogP contribution in [-0.4, -0.2) is 24.2 Å². The van der Waals surface area contributed by atoms with Crippen molar-refractivity contribution >= 4 is 17.1 Å². The number of hydrogen-bond donors (Lipinski definition) is 0.